The van der Waals surface area contributed by atoms with Gasteiger partial charge in [0, 0.05) is 34.4 Å². The van der Waals surface area contributed by atoms with Crippen LogP contribution in [0.5, 0.6) is 0 Å². The molecular weight excluding hydrogens is 203 g/mol. The van der Waals surface area contributed by atoms with Gasteiger partial charge < -0.3 is 10.3 Å². The van der Waals surface area contributed by atoms with Crippen molar-refractivity contribution in [2.24, 2.45) is 0 Å². The van der Waals surface area contributed by atoms with Gasteiger partial charge in [-0.1, -0.05) is 6.08 Å². The van der Waals surface area contributed by atoms with Crippen molar-refractivity contribution in [3.8, 4) is 0 Å². The van der Waals surface area contributed by atoms with Gasteiger partial charge in [0.2, 0.25) is 0 Å². The fraction of sp³-hybridized carbons (Fsp3) is 0.231. The summed E-state index contributed by atoms with van der Waals surface area (Å²) >= 11 is 0. The lowest BCUT2D eigenvalue weighted by molar-refractivity contribution is 0.629. The minimum atomic E-state index is -0.189. The van der Waals surface area contributed by atoms with Crippen LogP contribution in [0.25, 0.3) is 16.6 Å². The van der Waals surface area contributed by atoms with E-state index >= 15 is 0 Å². The lowest BCUT2D eigenvalue weighted by atomic mass is 10.1. The predicted octanol–water partition coefficient (Wildman–Crippen LogP) is 2.95. The molecule has 0 amide bonds. The van der Waals surface area contributed by atoms with E-state index in [0.29, 0.717) is 0 Å². The topological polar surface area (TPSA) is 27.8 Å². The van der Waals surface area contributed by atoms with Crippen LogP contribution < -0.4 is 5.32 Å². The van der Waals surface area contributed by atoms with E-state index in [9.17, 15) is 4.39 Å². The molecule has 1 aromatic carbocycles. The number of aromatic nitrogens is 1. The van der Waals surface area contributed by atoms with Crippen molar-refractivity contribution >= 4 is 16.6 Å². The van der Waals surface area contributed by atoms with Crippen LogP contribution in [0.15, 0.2) is 24.3 Å². The van der Waals surface area contributed by atoms with E-state index in [4.69, 9.17) is 0 Å². The maximum atomic E-state index is 13.3. The molecule has 0 atom stereocenters. The molecule has 0 saturated heterocycles. The number of hydrogen-bond donors (Lipinski definition) is 2. The van der Waals surface area contributed by atoms with E-state index < -0.39 is 0 Å². The van der Waals surface area contributed by atoms with E-state index in [1.807, 2.05) is 6.92 Å². The summed E-state index contributed by atoms with van der Waals surface area (Å²) in [6.45, 7) is 2.99. The highest BCUT2D eigenvalue weighted by Crippen LogP contribution is 2.29. The standard InChI is InChI=1S/C13H13FN2/c1-8-13(12-3-2-6-15-12)10-7-9(14)4-5-11(10)16-8/h3-5,7,15-16H,2,6H2,1H3. The maximum Gasteiger partial charge on any atom is 0.123 e. The van der Waals surface area contributed by atoms with Crippen molar-refractivity contribution in [1.82, 2.24) is 10.3 Å². The summed E-state index contributed by atoms with van der Waals surface area (Å²) < 4.78 is 13.3. The van der Waals surface area contributed by atoms with Crippen molar-refractivity contribution in [2.75, 3.05) is 6.54 Å². The van der Waals surface area contributed by atoms with Crippen LogP contribution in [-0.2, 0) is 0 Å². The van der Waals surface area contributed by atoms with Gasteiger partial charge >= 0.3 is 0 Å². The number of hydrogen-bond acceptors (Lipinski definition) is 1. The summed E-state index contributed by atoms with van der Waals surface area (Å²) in [5.74, 6) is -0.189. The molecule has 1 aromatic heterocycles. The van der Waals surface area contributed by atoms with Gasteiger partial charge in [-0.3, -0.25) is 0 Å². The Morgan fingerprint density at radius 2 is 2.19 bits per heavy atom. The predicted molar refractivity (Wildman–Crippen MR) is 63.6 cm³/mol. The zero-order valence-corrected chi connectivity index (χ0v) is 9.10. The van der Waals surface area contributed by atoms with Gasteiger partial charge in [0.1, 0.15) is 5.82 Å². The maximum absolute atomic E-state index is 13.3. The molecule has 82 valence electrons. The van der Waals surface area contributed by atoms with E-state index in [-0.39, 0.29) is 5.82 Å². The molecule has 16 heavy (non-hydrogen) atoms. The van der Waals surface area contributed by atoms with E-state index in [1.165, 1.54) is 6.07 Å². The summed E-state index contributed by atoms with van der Waals surface area (Å²) in [5, 5.41) is 4.29. The average molecular weight is 216 g/mol. The second-order valence-corrected chi connectivity index (χ2v) is 4.15. The molecule has 3 heteroatoms. The first kappa shape index (κ1) is 9.46. The van der Waals surface area contributed by atoms with Crippen LogP contribution in [0.2, 0.25) is 0 Å². The number of halogens is 1. The summed E-state index contributed by atoms with van der Waals surface area (Å²) in [6, 6.07) is 4.87. The Kier molecular flexibility index (Phi) is 1.99. The molecule has 0 saturated carbocycles. The number of nitrogens with one attached hydrogen (secondary N) is 2. The van der Waals surface area contributed by atoms with Gasteiger partial charge in [0.15, 0.2) is 0 Å². The first-order valence-corrected chi connectivity index (χ1v) is 5.48. The number of benzene rings is 1. The highest BCUT2D eigenvalue weighted by molar-refractivity contribution is 5.94. The lowest BCUT2D eigenvalue weighted by Crippen LogP contribution is -2.06. The van der Waals surface area contributed by atoms with Gasteiger partial charge in [-0.25, -0.2) is 4.39 Å². The highest BCUT2D eigenvalue weighted by Gasteiger charge is 2.15. The Labute approximate surface area is 93.2 Å². The van der Waals surface area contributed by atoms with Gasteiger partial charge in [0.05, 0.1) is 0 Å². The quantitative estimate of drug-likeness (QED) is 0.753. The van der Waals surface area contributed by atoms with Crippen molar-refractivity contribution in [3.05, 3.63) is 41.3 Å². The van der Waals surface area contributed by atoms with Crippen molar-refractivity contribution in [1.29, 1.82) is 0 Å². The first-order valence-electron chi connectivity index (χ1n) is 5.48. The normalized spacial score (nSPS) is 15.2. The summed E-state index contributed by atoms with van der Waals surface area (Å²) in [7, 11) is 0. The molecule has 0 fully saturated rings. The molecule has 2 aromatic rings. The third-order valence-corrected chi connectivity index (χ3v) is 3.03. The summed E-state index contributed by atoms with van der Waals surface area (Å²) in [5.41, 5.74) is 4.30. The molecule has 3 rings (SSSR count). The third-order valence-electron chi connectivity index (χ3n) is 3.03. The molecule has 0 unspecified atom stereocenters. The number of aromatic amines is 1. The van der Waals surface area contributed by atoms with Crippen LogP contribution in [0.4, 0.5) is 4.39 Å². The number of rotatable bonds is 1. The lowest BCUT2D eigenvalue weighted by Gasteiger charge is -2.04. The zero-order valence-electron chi connectivity index (χ0n) is 9.10. The molecule has 0 radical (unpaired) electrons. The van der Waals surface area contributed by atoms with Gasteiger partial charge in [-0.2, -0.15) is 0 Å². The van der Waals surface area contributed by atoms with Gasteiger partial charge in [-0.15, -0.1) is 0 Å². The van der Waals surface area contributed by atoms with Crippen molar-refractivity contribution in [2.45, 2.75) is 13.3 Å². The van der Waals surface area contributed by atoms with Crippen molar-refractivity contribution in [3.63, 3.8) is 0 Å². The third kappa shape index (κ3) is 1.32. The average Bonchev–Trinajstić information content (AvgIpc) is 2.83. The minimum Gasteiger partial charge on any atom is -0.384 e. The molecular formula is C13H13FN2. The Hall–Kier alpha value is -1.77. The fourth-order valence-corrected chi connectivity index (χ4v) is 2.33. The largest absolute Gasteiger partial charge is 0.384 e. The SMILES string of the molecule is Cc1[nH]c2ccc(F)cc2c1C1=CCCN1. The molecule has 0 bridgehead atoms. The van der Waals surface area contributed by atoms with Crippen LogP contribution in [0, 0.1) is 12.7 Å². The van der Waals surface area contributed by atoms with Crippen LogP contribution >= 0.6 is 0 Å². The highest BCUT2D eigenvalue weighted by atomic mass is 19.1. The van der Waals surface area contributed by atoms with Crippen LogP contribution in [0.3, 0.4) is 0 Å². The Morgan fingerprint density at radius 1 is 1.31 bits per heavy atom. The second kappa shape index (κ2) is 3.37. The van der Waals surface area contributed by atoms with Crippen LogP contribution in [0.1, 0.15) is 17.7 Å². The second-order valence-electron chi connectivity index (χ2n) is 4.15. The fourth-order valence-electron chi connectivity index (χ4n) is 2.33. The molecule has 1 aliphatic rings. The molecule has 1 aliphatic heterocycles. The van der Waals surface area contributed by atoms with E-state index in [1.54, 1.807) is 12.1 Å². The Balaban J connectivity index is 2.29. The van der Waals surface area contributed by atoms with Gasteiger partial charge in [0.25, 0.3) is 0 Å². The number of aryl methyl sites for hydroxylation is 1. The molecule has 2 nitrogen and oxygen atoms in total. The Morgan fingerprint density at radius 3 is 2.94 bits per heavy atom. The summed E-state index contributed by atoms with van der Waals surface area (Å²) in [4.78, 5) is 3.28. The smallest absolute Gasteiger partial charge is 0.123 e. The monoisotopic (exact) mass is 216 g/mol. The first-order chi connectivity index (χ1) is 7.75. The summed E-state index contributed by atoms with van der Waals surface area (Å²) in [6.07, 6.45) is 3.21. The van der Waals surface area contributed by atoms with E-state index in [0.717, 1.165) is 40.8 Å². The molecule has 0 aliphatic carbocycles. The zero-order chi connectivity index (χ0) is 11.1. The van der Waals surface area contributed by atoms with Crippen LogP contribution in [-0.4, -0.2) is 11.5 Å². The Bertz CT molecular complexity index is 581. The molecule has 2 heterocycles. The van der Waals surface area contributed by atoms with E-state index in [2.05, 4.69) is 16.4 Å². The van der Waals surface area contributed by atoms with Crippen molar-refractivity contribution < 1.29 is 4.39 Å². The number of fused-ring (bicyclic) bond motifs is 1. The number of H-pyrrole nitrogens is 1. The minimum absolute atomic E-state index is 0.189. The molecule has 2 N–H and O–H groups in total. The van der Waals surface area contributed by atoms with Gasteiger partial charge in [-0.05, 0) is 31.5 Å². The molecule has 0 spiro atoms.